The highest BCUT2D eigenvalue weighted by atomic mass is 32.1. The van der Waals surface area contributed by atoms with Gasteiger partial charge in [-0.3, -0.25) is 13.6 Å². The van der Waals surface area contributed by atoms with Gasteiger partial charge in [0, 0.05) is 54.7 Å². The van der Waals surface area contributed by atoms with Gasteiger partial charge in [-0.15, -0.1) is 0 Å². The topological polar surface area (TPSA) is 59.1 Å². The van der Waals surface area contributed by atoms with Gasteiger partial charge < -0.3 is 5.11 Å². The van der Waals surface area contributed by atoms with Crippen molar-refractivity contribution in [2.45, 2.75) is 51.0 Å². The van der Waals surface area contributed by atoms with E-state index >= 15 is 0 Å². The Labute approximate surface area is 178 Å². The minimum Gasteiger partial charge on any atom is -0.395 e. The van der Waals surface area contributed by atoms with Crippen LogP contribution in [0.15, 0.2) is 30.9 Å². The van der Waals surface area contributed by atoms with Crippen molar-refractivity contribution in [3.8, 4) is 11.1 Å². The molecule has 0 atom stereocenters. The van der Waals surface area contributed by atoms with Crippen LogP contribution < -0.4 is 0 Å². The summed E-state index contributed by atoms with van der Waals surface area (Å²) in [7, 11) is 1.93. The van der Waals surface area contributed by atoms with E-state index in [2.05, 4.69) is 35.8 Å². The first kappa shape index (κ1) is 20.4. The first-order valence-electron chi connectivity index (χ1n) is 10.6. The number of hydrogen-bond acceptors (Lipinski definition) is 5. The van der Waals surface area contributed by atoms with Crippen LogP contribution in [0.3, 0.4) is 0 Å². The lowest BCUT2D eigenvalue weighted by atomic mass is 9.81. The Bertz CT molecular complexity index is 951. The molecule has 0 radical (unpaired) electrons. The van der Waals surface area contributed by atoms with Gasteiger partial charge in [-0.25, -0.2) is 4.98 Å². The summed E-state index contributed by atoms with van der Waals surface area (Å²) < 4.78 is 3.62. The predicted molar refractivity (Wildman–Crippen MR) is 120 cm³/mol. The summed E-state index contributed by atoms with van der Waals surface area (Å²) in [5, 5.41) is 14.8. The number of aromatic nitrogens is 4. The third-order valence-corrected chi connectivity index (χ3v) is 6.55. The SMILES string of the molecule is CCCN(CCO)[C@H]1CC[C@H](c2cnc3c(c2)c(-c2cnn(C)c2)cn3S)CC1. The number of pyridine rings is 1. The van der Waals surface area contributed by atoms with Gasteiger partial charge in [0.2, 0.25) is 0 Å². The van der Waals surface area contributed by atoms with Crippen molar-refractivity contribution >= 4 is 23.8 Å². The smallest absolute Gasteiger partial charge is 0.150 e. The van der Waals surface area contributed by atoms with Crippen LogP contribution in [0.25, 0.3) is 22.2 Å². The molecule has 3 aromatic heterocycles. The third kappa shape index (κ3) is 4.22. The minimum atomic E-state index is 0.248. The van der Waals surface area contributed by atoms with E-state index in [-0.39, 0.29) is 6.61 Å². The molecule has 0 aliphatic heterocycles. The van der Waals surface area contributed by atoms with Crippen molar-refractivity contribution in [2.24, 2.45) is 7.05 Å². The van der Waals surface area contributed by atoms with Gasteiger partial charge in [0.15, 0.2) is 0 Å². The van der Waals surface area contributed by atoms with E-state index in [0.717, 1.165) is 41.7 Å². The molecule has 0 unspecified atom stereocenters. The molecule has 1 saturated carbocycles. The molecule has 0 saturated heterocycles. The van der Waals surface area contributed by atoms with Crippen LogP contribution in [0, 0.1) is 0 Å². The van der Waals surface area contributed by atoms with Gasteiger partial charge >= 0.3 is 0 Å². The molecule has 3 aromatic rings. The van der Waals surface area contributed by atoms with E-state index in [9.17, 15) is 5.11 Å². The monoisotopic (exact) mass is 413 g/mol. The predicted octanol–water partition coefficient (Wildman–Crippen LogP) is 3.86. The first-order chi connectivity index (χ1) is 14.1. The number of aryl methyl sites for hydroxylation is 1. The maximum Gasteiger partial charge on any atom is 0.150 e. The van der Waals surface area contributed by atoms with Gasteiger partial charge in [-0.1, -0.05) is 19.7 Å². The molecule has 7 heteroatoms. The number of aliphatic hydroxyl groups excluding tert-OH is 1. The fourth-order valence-electron chi connectivity index (χ4n) is 4.79. The molecule has 1 aliphatic rings. The average molecular weight is 414 g/mol. The summed E-state index contributed by atoms with van der Waals surface area (Å²) in [5.74, 6) is 0.547. The van der Waals surface area contributed by atoms with Crippen LogP contribution in [-0.2, 0) is 7.05 Å². The molecule has 6 nitrogen and oxygen atoms in total. The number of rotatable bonds is 7. The van der Waals surface area contributed by atoms with Crippen molar-refractivity contribution in [3.05, 3.63) is 36.4 Å². The molecule has 0 amide bonds. The van der Waals surface area contributed by atoms with Crippen LogP contribution in [-0.4, -0.2) is 54.5 Å². The van der Waals surface area contributed by atoms with E-state index in [0.29, 0.717) is 12.0 Å². The number of nitrogens with zero attached hydrogens (tertiary/aromatic N) is 5. The summed E-state index contributed by atoms with van der Waals surface area (Å²) >= 11 is 4.56. The second-order valence-corrected chi connectivity index (χ2v) is 8.63. The highest BCUT2D eigenvalue weighted by Gasteiger charge is 2.27. The first-order valence-corrected chi connectivity index (χ1v) is 11.0. The minimum absolute atomic E-state index is 0.248. The van der Waals surface area contributed by atoms with E-state index in [1.807, 2.05) is 36.5 Å². The van der Waals surface area contributed by atoms with Gasteiger partial charge in [0.25, 0.3) is 0 Å². The fraction of sp³-hybridized carbons (Fsp3) is 0.545. The maximum atomic E-state index is 9.38. The number of thiol groups is 1. The number of aliphatic hydroxyl groups is 1. The molecule has 0 aromatic carbocycles. The second-order valence-electron chi connectivity index (χ2n) is 8.19. The molecule has 4 rings (SSSR count). The average Bonchev–Trinajstić information content (AvgIpc) is 3.31. The van der Waals surface area contributed by atoms with Crippen molar-refractivity contribution < 1.29 is 5.11 Å². The Hall–Kier alpha value is -1.83. The highest BCUT2D eigenvalue weighted by molar-refractivity contribution is 7.78. The van der Waals surface area contributed by atoms with Crippen LogP contribution in [0.5, 0.6) is 0 Å². The van der Waals surface area contributed by atoms with Gasteiger partial charge in [-0.05, 0) is 56.2 Å². The van der Waals surface area contributed by atoms with E-state index in [4.69, 9.17) is 4.98 Å². The van der Waals surface area contributed by atoms with Crippen molar-refractivity contribution in [2.75, 3.05) is 19.7 Å². The lowest BCUT2D eigenvalue weighted by Gasteiger charge is -2.36. The van der Waals surface area contributed by atoms with Crippen molar-refractivity contribution in [1.82, 2.24) is 23.6 Å². The van der Waals surface area contributed by atoms with E-state index < -0.39 is 0 Å². The second kappa shape index (κ2) is 8.90. The van der Waals surface area contributed by atoms with Gasteiger partial charge in [0.1, 0.15) is 5.65 Å². The summed E-state index contributed by atoms with van der Waals surface area (Å²) in [4.78, 5) is 7.21. The van der Waals surface area contributed by atoms with Crippen LogP contribution in [0.1, 0.15) is 50.5 Å². The highest BCUT2D eigenvalue weighted by Crippen LogP contribution is 2.37. The zero-order valence-corrected chi connectivity index (χ0v) is 18.2. The molecule has 156 valence electrons. The summed E-state index contributed by atoms with van der Waals surface area (Å²) in [6.45, 7) is 4.33. The summed E-state index contributed by atoms with van der Waals surface area (Å²) in [5.41, 5.74) is 4.43. The molecule has 0 spiro atoms. The molecule has 1 aliphatic carbocycles. The largest absolute Gasteiger partial charge is 0.395 e. The third-order valence-electron chi connectivity index (χ3n) is 6.24. The lowest BCUT2D eigenvalue weighted by molar-refractivity contribution is 0.119. The van der Waals surface area contributed by atoms with Crippen LogP contribution in [0.2, 0.25) is 0 Å². The van der Waals surface area contributed by atoms with Gasteiger partial charge in [-0.2, -0.15) is 5.10 Å². The van der Waals surface area contributed by atoms with Crippen molar-refractivity contribution in [3.63, 3.8) is 0 Å². The van der Waals surface area contributed by atoms with Crippen LogP contribution >= 0.6 is 12.8 Å². The molecule has 1 fully saturated rings. The number of fused-ring (bicyclic) bond motifs is 1. The Morgan fingerprint density at radius 3 is 2.62 bits per heavy atom. The lowest BCUT2D eigenvalue weighted by Crippen LogP contribution is -2.40. The standard InChI is InChI=1S/C22H31N5OS/c1-3-8-26(9-10-28)19-6-4-16(5-7-19)17-11-20-21(18-13-24-25(2)14-18)15-27(29)22(20)23-12-17/h11-16,19,28-29H,3-10H2,1-2H3/t16-,19-. The molecular formula is C22H31N5OS. The summed E-state index contributed by atoms with van der Waals surface area (Å²) in [6, 6.07) is 2.90. The molecule has 3 heterocycles. The maximum absolute atomic E-state index is 9.38. The Morgan fingerprint density at radius 2 is 1.97 bits per heavy atom. The van der Waals surface area contributed by atoms with E-state index in [1.165, 1.54) is 31.2 Å². The number of hydrogen-bond donors (Lipinski definition) is 2. The molecule has 0 bridgehead atoms. The van der Waals surface area contributed by atoms with Crippen LogP contribution in [0.4, 0.5) is 0 Å². The molecular weight excluding hydrogens is 382 g/mol. The Kier molecular flexibility index (Phi) is 6.27. The quantitative estimate of drug-likeness (QED) is 0.578. The van der Waals surface area contributed by atoms with E-state index in [1.54, 1.807) is 3.97 Å². The normalized spacial score (nSPS) is 20.0. The zero-order chi connectivity index (χ0) is 20.4. The fourth-order valence-corrected chi connectivity index (χ4v) is 5.06. The van der Waals surface area contributed by atoms with Gasteiger partial charge in [0.05, 0.1) is 12.8 Å². The Balaban J connectivity index is 1.55. The molecule has 1 N–H and O–H groups in total. The summed E-state index contributed by atoms with van der Waals surface area (Å²) in [6.07, 6.45) is 13.8. The zero-order valence-electron chi connectivity index (χ0n) is 17.3. The molecule has 29 heavy (non-hydrogen) atoms. The van der Waals surface area contributed by atoms with Crippen molar-refractivity contribution in [1.29, 1.82) is 0 Å². The Morgan fingerprint density at radius 1 is 1.17 bits per heavy atom.